The van der Waals surface area contributed by atoms with Crippen LogP contribution in [0.1, 0.15) is 181 Å². The van der Waals surface area contributed by atoms with Gasteiger partial charge >= 0.3 is 178 Å². The minimum absolute atomic E-state index is 0.00851. The topological polar surface area (TPSA) is 154 Å². The molecular weight excluding hydrogens is 2230 g/mol. The molecule has 5 unspecified atom stereocenters. The summed E-state index contributed by atoms with van der Waals surface area (Å²) in [5, 5.41) is 63.3. The second-order valence-corrected chi connectivity index (χ2v) is 55.5. The second kappa shape index (κ2) is 67.1. The van der Waals surface area contributed by atoms with Gasteiger partial charge in [0.2, 0.25) is 0 Å². The van der Waals surface area contributed by atoms with E-state index in [4.69, 9.17) is 112 Å². The third kappa shape index (κ3) is 41.8. The predicted octanol–water partition coefficient (Wildman–Crippen LogP) is 26.5. The molecular formula is C102H132Cl10F2N5O9P5Ti5. The van der Waals surface area contributed by atoms with Crippen molar-refractivity contribution in [1.29, 1.82) is 0 Å². The van der Waals surface area contributed by atoms with E-state index in [0.29, 0.717) is 68.8 Å². The molecule has 15 rings (SSSR count). The Morgan fingerprint density at radius 1 is 0.275 bits per heavy atom. The molecule has 5 atom stereocenters. The first kappa shape index (κ1) is 125. The van der Waals surface area contributed by atoms with E-state index in [9.17, 15) is 34.3 Å². The molecule has 0 bridgehead atoms. The van der Waals surface area contributed by atoms with Gasteiger partial charge in [-0.1, -0.05) is 184 Å². The summed E-state index contributed by atoms with van der Waals surface area (Å²) in [6.07, 6.45) is 18.6. The maximum absolute atomic E-state index is 14.1. The summed E-state index contributed by atoms with van der Waals surface area (Å²) < 4.78 is 49.1. The van der Waals surface area contributed by atoms with Crippen LogP contribution in [0.4, 0.5) is 37.2 Å². The van der Waals surface area contributed by atoms with Gasteiger partial charge in [-0.2, -0.15) is 0 Å². The molecule has 36 heteroatoms. The summed E-state index contributed by atoms with van der Waals surface area (Å²) in [5.74, 6) is 3.65. The van der Waals surface area contributed by atoms with Gasteiger partial charge in [-0.05, 0) is 233 Å². The van der Waals surface area contributed by atoms with Crippen molar-refractivity contribution in [2.45, 2.75) is 182 Å². The number of anilines is 5. The van der Waals surface area contributed by atoms with Gasteiger partial charge in [-0.3, -0.25) is 0 Å². The summed E-state index contributed by atoms with van der Waals surface area (Å²) in [6.45, 7) is 32.2. The molecule has 5 aliphatic heterocycles. The first-order chi connectivity index (χ1) is 66.1. The summed E-state index contributed by atoms with van der Waals surface area (Å²) in [5.41, 5.74) is 10.1. The number of methoxy groups -OCH3 is 4. The molecule has 0 spiro atoms. The van der Waals surface area contributed by atoms with Crippen LogP contribution in [0.5, 0.6) is 51.7 Å². The van der Waals surface area contributed by atoms with Crippen molar-refractivity contribution in [2.24, 2.45) is 0 Å². The number of benzene rings is 10. The zero-order valence-corrected chi connectivity index (χ0v) is 102. The molecule has 10 aromatic carbocycles. The molecule has 0 aromatic heterocycles. The predicted molar refractivity (Wildman–Crippen MR) is 586 cm³/mol. The van der Waals surface area contributed by atoms with Gasteiger partial charge in [0.15, 0.2) is 23.0 Å². The molecule has 0 radical (unpaired) electrons. The Morgan fingerprint density at radius 3 is 0.935 bits per heavy atom. The van der Waals surface area contributed by atoms with Crippen LogP contribution in [0.2, 0.25) is 0 Å². The average molecular weight is 2360 g/mol. The van der Waals surface area contributed by atoms with Crippen molar-refractivity contribution < 1.29 is 138 Å². The van der Waals surface area contributed by atoms with Crippen LogP contribution >= 0.6 is 136 Å². The normalized spacial score (nSPS) is 14.4. The number of phenolic OH excluding ortho intramolecular Hbond substituents is 5. The fourth-order valence-corrected chi connectivity index (χ4v) is 22.7. The van der Waals surface area contributed by atoms with Gasteiger partial charge in [0.1, 0.15) is 40.4 Å². The Hall–Kier alpha value is -2.12. The molecule has 5 heterocycles. The zero-order valence-electron chi connectivity index (χ0n) is 81.1. The van der Waals surface area contributed by atoms with Crippen LogP contribution in [0.15, 0.2) is 182 Å². The number of halogens is 12. The molecule has 10 aromatic rings. The summed E-state index contributed by atoms with van der Waals surface area (Å²) in [7, 11) is 57.1. The number of hydrogen-bond donors (Lipinski definition) is 5. The van der Waals surface area contributed by atoms with Crippen molar-refractivity contribution in [3.8, 4) is 51.7 Å². The maximum atomic E-state index is 14.1. The molecule has 0 aliphatic carbocycles. The molecule has 0 amide bonds. The number of rotatable bonds is 19. The third-order valence-electron chi connectivity index (χ3n) is 23.3. The van der Waals surface area contributed by atoms with E-state index in [1.165, 1.54) is 121 Å². The van der Waals surface area contributed by atoms with Crippen molar-refractivity contribution in [2.75, 3.05) is 118 Å². The molecule has 5 aliphatic rings. The molecule has 5 saturated heterocycles. The van der Waals surface area contributed by atoms with Crippen molar-refractivity contribution in [1.82, 2.24) is 0 Å². The quantitative estimate of drug-likeness (QED) is 0.0385. The van der Waals surface area contributed by atoms with Crippen LogP contribution < -0.4 is 96.5 Å². The summed E-state index contributed by atoms with van der Waals surface area (Å²) in [6, 6.07) is 59.0. The molecule has 5 N–H and O–H groups in total. The Bertz CT molecular complexity index is 5210. The fraction of sp³-hybridized carbons (Fsp3) is 0.412. The van der Waals surface area contributed by atoms with E-state index < -0.39 is 85.2 Å². The Labute approximate surface area is 913 Å². The standard InChI is InChI=1S/C25H35FNOP.C22H29FNOP.C19H24NO3P.2C18H22NO2P.10ClH.5Ti/c1-24(2,3)17-14-19(25(4,5)6)23(28)22(15-17)29-21-11-10-18(26)16-20(21)27-12-8-7-9-13-27;1-15-12-16(22(2,3)4)13-20(21(15)25)26-19-9-8-17(23)14-18(19)24-10-6-5-7-11-24;1-22-14-12-16(23-2)19(21)18(13-14)24-17-9-5-4-8-15(17)20-10-6-3-7-11-20;1-21-15-9-7-11-17(18(15)20)22-16-10-4-3-8-14(16)19-12-5-2-6-13-19;1-21-14-9-10-16(20)18(13-14)22-17-8-4-3-7-15(17)19-11-5-2-6-12-19;;;;;;;;;;;;;;;/h10-11,14-16,28-29H,7-9,12-13H2,1-6H3;8-9,12-14,25-26H,5-7,10-11H2,1-4H3;4-5,8-9,12-13,21,24H,3,6-7,10-11H2,1-2H3;3-4,7-11,20,22H,2,5-6,12-13H2,1H3;3-4,7-10,13,20,22H,2,5-6,11-12H2,1H3;10*1H;;;;;/q;;;;;;;;;;;;;;;5*+2/p-10. The number of ether oxygens (including phenoxy) is 4. The Morgan fingerprint density at radius 2 is 0.580 bits per heavy atom. The number of phenols is 5. The fourth-order valence-electron chi connectivity index (χ4n) is 16.2. The van der Waals surface area contributed by atoms with Crippen LogP contribution in [0.25, 0.3) is 0 Å². The van der Waals surface area contributed by atoms with Crippen molar-refractivity contribution >= 4 is 217 Å². The van der Waals surface area contributed by atoms with Gasteiger partial charge in [-0.15, -0.1) is 0 Å². The number of para-hydroxylation sites is 4. The van der Waals surface area contributed by atoms with E-state index in [1.54, 1.807) is 70.9 Å². The van der Waals surface area contributed by atoms with Gasteiger partial charge in [-0.25, -0.2) is 8.78 Å². The van der Waals surface area contributed by atoms with Crippen LogP contribution in [0.3, 0.4) is 0 Å². The van der Waals surface area contributed by atoms with Gasteiger partial charge in [0, 0.05) is 159 Å². The Balaban J connectivity index is 0.000000255. The summed E-state index contributed by atoms with van der Waals surface area (Å²) >= 11 is -2.78. The number of piperidine rings is 5. The van der Waals surface area contributed by atoms with Gasteiger partial charge < -0.3 is 69.0 Å². The van der Waals surface area contributed by atoms with Crippen molar-refractivity contribution in [3.63, 3.8) is 0 Å². The average Bonchev–Trinajstić information content (AvgIpc) is 0.777. The Kier molecular flexibility index (Phi) is 60.5. The molecule has 748 valence electrons. The van der Waals surface area contributed by atoms with E-state index in [1.807, 2.05) is 43.3 Å². The zero-order chi connectivity index (χ0) is 101. The van der Waals surface area contributed by atoms with Crippen LogP contribution in [-0.4, -0.2) is 119 Å². The van der Waals surface area contributed by atoms with E-state index in [0.717, 1.165) is 157 Å². The van der Waals surface area contributed by atoms with E-state index in [-0.39, 0.29) is 48.0 Å². The monoisotopic (exact) mass is 2350 g/mol. The second-order valence-electron chi connectivity index (χ2n) is 35.9. The third-order valence-corrected chi connectivity index (χ3v) is 30.1. The first-order valence-corrected chi connectivity index (χ1v) is 72.3. The number of aromatic hydroxyl groups is 5. The first-order valence-electron chi connectivity index (χ1n) is 45.8. The van der Waals surface area contributed by atoms with E-state index >= 15 is 0 Å². The molecule has 138 heavy (non-hydrogen) atoms. The van der Waals surface area contributed by atoms with E-state index in [2.05, 4.69) is 184 Å². The molecule has 0 saturated carbocycles. The van der Waals surface area contributed by atoms with Crippen LogP contribution in [0, 0.1) is 18.6 Å². The SMILES string of the molecule is CC(C)(C)c1cc(Pc2ccc(F)cc2N2CCCCC2)c(O)c(C(C)(C)C)c1.COc1cc(OC)c(O)c(Pc2ccccc2N2CCCCC2)c1.COc1ccc(O)c(Pc2ccccc2N2CCCCC2)c1.COc1cccc(Pc2ccccc2N2CCCCC2)c1O.Cc1cc(C(C)(C)C)cc(Pc2ccc(F)cc2N2CCCCC2)c1O.[Cl][Ti][Cl].[Cl][Ti][Cl].[Cl][Ti][Cl].[Cl][Ti][Cl].[Cl][Ti][Cl]. The number of aryl methyl sites for hydroxylation is 1. The van der Waals surface area contributed by atoms with Gasteiger partial charge in [0.25, 0.3) is 0 Å². The van der Waals surface area contributed by atoms with Crippen LogP contribution in [-0.2, 0) is 101 Å². The number of nitrogens with zero attached hydrogens (tertiary/aromatic N) is 5. The number of hydrogen-bond acceptors (Lipinski definition) is 14. The molecule has 14 nitrogen and oxygen atoms in total. The minimum atomic E-state index is -0.556. The molecule has 5 fully saturated rings. The van der Waals surface area contributed by atoms with Gasteiger partial charge in [0.05, 0.1) is 28.4 Å². The summed E-state index contributed by atoms with van der Waals surface area (Å²) in [4.78, 5) is 12.0. The van der Waals surface area contributed by atoms with Crippen molar-refractivity contribution in [3.05, 3.63) is 216 Å².